The molecule has 0 aromatic heterocycles. The minimum absolute atomic E-state index is 0.0386. The van der Waals surface area contributed by atoms with Crippen molar-refractivity contribution in [3.63, 3.8) is 0 Å². The zero-order valence-electron chi connectivity index (χ0n) is 17.0. The van der Waals surface area contributed by atoms with Crippen LogP contribution in [-0.2, 0) is 0 Å². The fourth-order valence-electron chi connectivity index (χ4n) is 3.60. The van der Waals surface area contributed by atoms with E-state index in [2.05, 4.69) is 10.2 Å². The highest BCUT2D eigenvalue weighted by atomic mass is 35.5. The van der Waals surface area contributed by atoms with Crippen LogP contribution in [0.15, 0.2) is 66.7 Å². The van der Waals surface area contributed by atoms with Crippen molar-refractivity contribution in [3.05, 3.63) is 92.9 Å². The number of hydrogen-bond acceptors (Lipinski definition) is 3. The molecular weight excluding hydrogens is 469 g/mol. The van der Waals surface area contributed by atoms with E-state index in [0.29, 0.717) is 58.1 Å². The molecule has 0 saturated carbocycles. The lowest BCUT2D eigenvalue weighted by atomic mass is 10.1. The Labute approximate surface area is 201 Å². The van der Waals surface area contributed by atoms with Gasteiger partial charge in [-0.05, 0) is 48.5 Å². The van der Waals surface area contributed by atoms with Crippen LogP contribution in [0.4, 0.5) is 11.4 Å². The van der Waals surface area contributed by atoms with E-state index in [9.17, 15) is 9.59 Å². The molecule has 4 rings (SSSR count). The number of benzene rings is 3. The molecule has 1 N–H and O–H groups in total. The van der Waals surface area contributed by atoms with E-state index in [1.54, 1.807) is 24.3 Å². The Morgan fingerprint density at radius 2 is 1.44 bits per heavy atom. The summed E-state index contributed by atoms with van der Waals surface area (Å²) in [5.41, 5.74) is 2.54. The Kier molecular flexibility index (Phi) is 6.89. The van der Waals surface area contributed by atoms with E-state index in [1.807, 2.05) is 41.3 Å². The number of carbonyl (C=O) groups is 2. The SMILES string of the molecule is O=C(Nc1ccc(N2CCN(C(=O)c3ccccc3)CC2)c(Cl)c1)c1ccc(Cl)c(Cl)c1. The van der Waals surface area contributed by atoms with Gasteiger partial charge in [-0.15, -0.1) is 0 Å². The lowest BCUT2D eigenvalue weighted by Crippen LogP contribution is -2.48. The summed E-state index contributed by atoms with van der Waals surface area (Å²) in [4.78, 5) is 29.1. The van der Waals surface area contributed by atoms with E-state index in [1.165, 1.54) is 6.07 Å². The number of hydrogen-bond donors (Lipinski definition) is 1. The second-order valence-electron chi connectivity index (χ2n) is 7.39. The topological polar surface area (TPSA) is 52.7 Å². The highest BCUT2D eigenvalue weighted by Crippen LogP contribution is 2.30. The molecule has 32 heavy (non-hydrogen) atoms. The van der Waals surface area contributed by atoms with Crippen LogP contribution >= 0.6 is 34.8 Å². The third kappa shape index (κ3) is 5.01. The van der Waals surface area contributed by atoms with Crippen LogP contribution in [-0.4, -0.2) is 42.9 Å². The molecule has 1 aliphatic heterocycles. The number of amides is 2. The van der Waals surface area contributed by atoms with Crippen LogP contribution in [0.5, 0.6) is 0 Å². The molecule has 3 aromatic carbocycles. The van der Waals surface area contributed by atoms with Crippen molar-refractivity contribution in [2.24, 2.45) is 0 Å². The maximum atomic E-state index is 12.6. The standard InChI is InChI=1S/C24H20Cl3N3O2/c25-19-8-6-17(14-20(19)26)23(31)28-18-7-9-22(21(27)15-18)29-10-12-30(13-11-29)24(32)16-4-2-1-3-5-16/h1-9,14-15H,10-13H2,(H,28,31). The van der Waals surface area contributed by atoms with Crippen molar-refractivity contribution < 1.29 is 9.59 Å². The molecule has 0 spiro atoms. The van der Waals surface area contributed by atoms with Gasteiger partial charge in [0.2, 0.25) is 0 Å². The number of rotatable bonds is 4. The monoisotopic (exact) mass is 487 g/mol. The van der Waals surface area contributed by atoms with Gasteiger partial charge in [0.1, 0.15) is 0 Å². The van der Waals surface area contributed by atoms with Gasteiger partial charge in [0, 0.05) is 43.0 Å². The molecule has 0 atom stereocenters. The fourth-order valence-corrected chi connectivity index (χ4v) is 4.19. The van der Waals surface area contributed by atoms with Crippen LogP contribution < -0.4 is 10.2 Å². The number of nitrogens with zero attached hydrogens (tertiary/aromatic N) is 2. The summed E-state index contributed by atoms with van der Waals surface area (Å²) in [6.07, 6.45) is 0. The van der Waals surface area contributed by atoms with Gasteiger partial charge in [-0.1, -0.05) is 53.0 Å². The largest absolute Gasteiger partial charge is 0.367 e. The first-order valence-corrected chi connectivity index (χ1v) is 11.2. The number of anilines is 2. The molecule has 1 heterocycles. The van der Waals surface area contributed by atoms with Gasteiger partial charge in [0.05, 0.1) is 20.8 Å². The van der Waals surface area contributed by atoms with Crippen LogP contribution in [0.1, 0.15) is 20.7 Å². The molecule has 8 heteroatoms. The lowest BCUT2D eigenvalue weighted by molar-refractivity contribution is 0.0746. The summed E-state index contributed by atoms with van der Waals surface area (Å²) in [5, 5.41) is 4.05. The third-order valence-electron chi connectivity index (χ3n) is 5.32. The second kappa shape index (κ2) is 9.82. The van der Waals surface area contributed by atoms with Gasteiger partial charge in [0.15, 0.2) is 0 Å². The number of carbonyl (C=O) groups excluding carboxylic acids is 2. The molecule has 164 valence electrons. The third-order valence-corrected chi connectivity index (χ3v) is 6.36. The van der Waals surface area contributed by atoms with Gasteiger partial charge in [-0.2, -0.15) is 0 Å². The maximum absolute atomic E-state index is 12.6. The summed E-state index contributed by atoms with van der Waals surface area (Å²) in [7, 11) is 0. The molecule has 0 aliphatic carbocycles. The zero-order chi connectivity index (χ0) is 22.7. The molecule has 5 nitrogen and oxygen atoms in total. The molecule has 3 aromatic rings. The van der Waals surface area contributed by atoms with Crippen LogP contribution in [0.25, 0.3) is 0 Å². The highest BCUT2D eigenvalue weighted by Gasteiger charge is 2.23. The Bertz CT molecular complexity index is 1150. The van der Waals surface area contributed by atoms with E-state index in [0.717, 1.165) is 5.69 Å². The van der Waals surface area contributed by atoms with Crippen molar-refractivity contribution in [2.45, 2.75) is 0 Å². The van der Waals surface area contributed by atoms with Gasteiger partial charge in [0.25, 0.3) is 11.8 Å². The van der Waals surface area contributed by atoms with Gasteiger partial charge < -0.3 is 15.1 Å². The summed E-state index contributed by atoms with van der Waals surface area (Å²) >= 11 is 18.4. The fraction of sp³-hybridized carbons (Fsp3) is 0.167. The lowest BCUT2D eigenvalue weighted by Gasteiger charge is -2.36. The van der Waals surface area contributed by atoms with E-state index < -0.39 is 0 Å². The van der Waals surface area contributed by atoms with Crippen molar-refractivity contribution in [2.75, 3.05) is 36.4 Å². The van der Waals surface area contributed by atoms with Crippen LogP contribution in [0.2, 0.25) is 15.1 Å². The van der Waals surface area contributed by atoms with Gasteiger partial charge in [-0.25, -0.2) is 0 Å². The molecule has 1 saturated heterocycles. The molecule has 0 radical (unpaired) electrons. The van der Waals surface area contributed by atoms with Crippen LogP contribution in [0.3, 0.4) is 0 Å². The molecule has 2 amide bonds. The first-order chi connectivity index (χ1) is 15.4. The highest BCUT2D eigenvalue weighted by molar-refractivity contribution is 6.42. The van der Waals surface area contributed by atoms with E-state index >= 15 is 0 Å². The predicted octanol–water partition coefficient (Wildman–Crippen LogP) is 5.86. The van der Waals surface area contributed by atoms with Gasteiger partial charge in [-0.3, -0.25) is 9.59 Å². The first-order valence-electron chi connectivity index (χ1n) is 10.1. The average Bonchev–Trinajstić information content (AvgIpc) is 2.81. The second-order valence-corrected chi connectivity index (χ2v) is 8.62. The maximum Gasteiger partial charge on any atom is 0.255 e. The van der Waals surface area contributed by atoms with Crippen molar-refractivity contribution in [1.82, 2.24) is 4.90 Å². The smallest absolute Gasteiger partial charge is 0.255 e. The Balaban J connectivity index is 1.39. The minimum atomic E-state index is -0.305. The van der Waals surface area contributed by atoms with E-state index in [-0.39, 0.29) is 11.8 Å². The number of halogens is 3. The Morgan fingerprint density at radius 3 is 2.09 bits per heavy atom. The molecule has 0 bridgehead atoms. The van der Waals surface area contributed by atoms with E-state index in [4.69, 9.17) is 34.8 Å². The Morgan fingerprint density at radius 1 is 0.719 bits per heavy atom. The summed E-state index contributed by atoms with van der Waals surface area (Å²) in [6.45, 7) is 2.57. The number of piperazine rings is 1. The van der Waals surface area contributed by atoms with Gasteiger partial charge >= 0.3 is 0 Å². The summed E-state index contributed by atoms with van der Waals surface area (Å²) < 4.78 is 0. The normalized spacial score (nSPS) is 13.7. The molecule has 1 aliphatic rings. The van der Waals surface area contributed by atoms with Crippen LogP contribution in [0, 0.1) is 0 Å². The van der Waals surface area contributed by atoms with Crippen molar-refractivity contribution in [1.29, 1.82) is 0 Å². The number of nitrogens with one attached hydrogen (secondary N) is 1. The molecular formula is C24H20Cl3N3O2. The van der Waals surface area contributed by atoms with Crippen molar-refractivity contribution in [3.8, 4) is 0 Å². The quantitative estimate of drug-likeness (QED) is 0.500. The molecule has 1 fully saturated rings. The predicted molar refractivity (Wildman–Crippen MR) is 130 cm³/mol. The Hall–Kier alpha value is -2.73. The average molecular weight is 489 g/mol. The zero-order valence-corrected chi connectivity index (χ0v) is 19.3. The molecule has 0 unspecified atom stereocenters. The summed E-state index contributed by atoms with van der Waals surface area (Å²) in [6, 6.07) is 19.4. The first kappa shape index (κ1) is 22.5. The minimum Gasteiger partial charge on any atom is -0.367 e. The van der Waals surface area contributed by atoms with Crippen molar-refractivity contribution >= 4 is 58.0 Å². The summed E-state index contributed by atoms with van der Waals surface area (Å²) in [5.74, 6) is -0.267.